The molecule has 2 aromatic heterocycles. The predicted molar refractivity (Wildman–Crippen MR) is 196 cm³/mol. The quantitative estimate of drug-likeness (QED) is 0.101. The molecule has 0 saturated carbocycles. The minimum absolute atomic E-state index is 0.289. The minimum atomic E-state index is -0.481. The third kappa shape index (κ3) is 6.98. The van der Waals surface area contributed by atoms with Crippen LogP contribution in [-0.2, 0) is 4.43 Å². The summed E-state index contributed by atoms with van der Waals surface area (Å²) < 4.78 is 31.9. The number of aromatic nitrogens is 2. The van der Waals surface area contributed by atoms with E-state index in [1.807, 2.05) is 6.07 Å². The Morgan fingerprint density at radius 1 is 1.04 bits per heavy atom. The normalized spacial score (nSPS) is 14.4. The average Bonchev–Trinajstić information content (AvgIpc) is 3.49. The van der Waals surface area contributed by atoms with Gasteiger partial charge in [-0.3, -0.25) is 9.69 Å². The van der Waals surface area contributed by atoms with Gasteiger partial charge < -0.3 is 24.8 Å². The minimum Gasteiger partial charge on any atom is -0.493 e. The van der Waals surface area contributed by atoms with E-state index in [2.05, 4.69) is 48.1 Å². The fourth-order valence-corrected chi connectivity index (χ4v) is 7.54. The molecule has 0 radical (unpaired) electrons. The predicted octanol–water partition coefficient (Wildman–Crippen LogP) is 8.37. The first-order valence-electron chi connectivity index (χ1n) is 15.8. The van der Waals surface area contributed by atoms with Gasteiger partial charge in [0.05, 0.1) is 23.9 Å². The monoisotopic (exact) mass is 794 g/mol. The molecule has 1 fully saturated rings. The first-order valence-corrected chi connectivity index (χ1v) is 18.1. The first-order chi connectivity index (χ1) is 23.9. The fourth-order valence-electron chi connectivity index (χ4n) is 5.95. The Balaban J connectivity index is 1.11. The number of anilines is 4. The molecule has 49 heavy (non-hydrogen) atoms. The molecular weight excluding hydrogens is 762 g/mol. The van der Waals surface area contributed by atoms with Crippen LogP contribution in [-0.4, -0.2) is 60.2 Å². The van der Waals surface area contributed by atoms with Crippen LogP contribution in [0.25, 0.3) is 10.2 Å². The number of hydrogen-bond donors (Lipinski definition) is 2. The molecule has 252 valence electrons. The van der Waals surface area contributed by atoms with Gasteiger partial charge in [0.25, 0.3) is 5.91 Å². The number of carbonyl (C=O) groups excluding carboxylic acids is 2. The second kappa shape index (κ2) is 14.5. The lowest BCUT2D eigenvalue weighted by atomic mass is 10.1. The number of methoxy groups -OCH3 is 1. The standard InChI is InChI=1S/C35H32FIN6O5S/c1-46-28-18-23(8-10-27(28)47-15-14-42-12-3-2-4-13-42)40-33(44)31-30-29-32(38-20-39-34(29)49-31)43(35(45)41-30)24-9-11-26(21(16-24)19-37)48-25-7-5-6-22(36)17-25/h5-11,16-18,20H,2-4,12-15,19H2,1H3,(H,40,44)(H,41,45). The maximum absolute atomic E-state index is 13.7. The Labute approximate surface area is 299 Å². The van der Waals surface area contributed by atoms with E-state index in [0.29, 0.717) is 67.1 Å². The number of amides is 3. The summed E-state index contributed by atoms with van der Waals surface area (Å²) >= 11 is 3.37. The van der Waals surface area contributed by atoms with Crippen LogP contribution in [0, 0.1) is 5.82 Å². The molecule has 14 heteroatoms. The molecule has 2 N–H and O–H groups in total. The number of rotatable bonds is 11. The molecule has 2 aliphatic heterocycles. The van der Waals surface area contributed by atoms with Gasteiger partial charge in [-0.15, -0.1) is 11.3 Å². The number of urea groups is 1. The summed E-state index contributed by atoms with van der Waals surface area (Å²) in [7, 11) is 1.56. The van der Waals surface area contributed by atoms with Crippen molar-refractivity contribution in [2.24, 2.45) is 0 Å². The van der Waals surface area contributed by atoms with Crippen LogP contribution >= 0.6 is 33.9 Å². The topological polar surface area (TPSA) is 118 Å². The van der Waals surface area contributed by atoms with Crippen LogP contribution in [0.4, 0.5) is 32.1 Å². The number of hydrogen-bond acceptors (Lipinski definition) is 9. The van der Waals surface area contributed by atoms with Gasteiger partial charge >= 0.3 is 6.03 Å². The second-order valence-corrected chi connectivity index (χ2v) is 13.3. The fraction of sp³-hybridized carbons (Fsp3) is 0.257. The van der Waals surface area contributed by atoms with Crippen molar-refractivity contribution >= 4 is 79.0 Å². The molecule has 3 aromatic carbocycles. The van der Waals surface area contributed by atoms with Crippen molar-refractivity contribution in [1.82, 2.24) is 14.9 Å². The third-order valence-corrected chi connectivity index (χ3v) is 10.2. The number of thiophene rings is 1. The van der Waals surface area contributed by atoms with Crippen molar-refractivity contribution in [2.75, 3.05) is 48.9 Å². The zero-order chi connectivity index (χ0) is 33.9. The molecule has 2 aliphatic rings. The van der Waals surface area contributed by atoms with Gasteiger partial charge in [0.15, 0.2) is 17.3 Å². The SMILES string of the molecule is COc1cc(NC(=O)c2sc3ncnc4c3c2NC(=O)N4c2ccc(Oc3cccc(F)c3)c(CI)c2)ccc1OCCN1CCCCC1. The van der Waals surface area contributed by atoms with E-state index in [9.17, 15) is 14.0 Å². The van der Waals surface area contributed by atoms with Crippen molar-refractivity contribution in [3.05, 3.63) is 83.2 Å². The Hall–Kier alpha value is -4.54. The molecule has 7 rings (SSSR count). The summed E-state index contributed by atoms with van der Waals surface area (Å²) in [6, 6.07) is 16.0. The van der Waals surface area contributed by atoms with E-state index >= 15 is 0 Å². The summed E-state index contributed by atoms with van der Waals surface area (Å²) in [5.41, 5.74) is 2.20. The Morgan fingerprint density at radius 3 is 2.67 bits per heavy atom. The lowest BCUT2D eigenvalue weighted by Gasteiger charge is -2.27. The summed E-state index contributed by atoms with van der Waals surface area (Å²) in [6.07, 6.45) is 5.10. The molecule has 0 bridgehead atoms. The number of ether oxygens (including phenoxy) is 3. The van der Waals surface area contributed by atoms with E-state index in [1.54, 1.807) is 49.6 Å². The largest absolute Gasteiger partial charge is 0.493 e. The summed E-state index contributed by atoms with van der Waals surface area (Å²) in [6.45, 7) is 3.58. The van der Waals surface area contributed by atoms with Gasteiger partial charge in [-0.2, -0.15) is 0 Å². The van der Waals surface area contributed by atoms with Crippen molar-refractivity contribution < 1.29 is 28.2 Å². The molecule has 1 saturated heterocycles. The van der Waals surface area contributed by atoms with Crippen molar-refractivity contribution in [1.29, 1.82) is 0 Å². The lowest BCUT2D eigenvalue weighted by molar-refractivity contribution is 0.103. The second-order valence-electron chi connectivity index (χ2n) is 11.5. The number of nitrogens with one attached hydrogen (secondary N) is 2. The van der Waals surface area contributed by atoms with Gasteiger partial charge in [0.2, 0.25) is 0 Å². The van der Waals surface area contributed by atoms with Gasteiger partial charge in [-0.05, 0) is 68.4 Å². The summed E-state index contributed by atoms with van der Waals surface area (Å²) in [4.78, 5) is 40.9. The maximum atomic E-state index is 13.7. The zero-order valence-corrected chi connectivity index (χ0v) is 29.5. The first kappa shape index (κ1) is 33.0. The van der Waals surface area contributed by atoms with Gasteiger partial charge in [0.1, 0.15) is 40.0 Å². The van der Waals surface area contributed by atoms with E-state index in [4.69, 9.17) is 14.2 Å². The maximum Gasteiger partial charge on any atom is 0.332 e. The number of alkyl halides is 1. The van der Waals surface area contributed by atoms with Crippen molar-refractivity contribution in [2.45, 2.75) is 23.7 Å². The molecule has 0 aliphatic carbocycles. The molecule has 0 atom stereocenters. The van der Waals surface area contributed by atoms with Crippen LogP contribution in [0.3, 0.4) is 0 Å². The average molecular weight is 795 g/mol. The van der Waals surface area contributed by atoms with Crippen LogP contribution in [0.5, 0.6) is 23.0 Å². The highest BCUT2D eigenvalue weighted by Gasteiger charge is 2.34. The third-order valence-electron chi connectivity index (χ3n) is 8.33. The van der Waals surface area contributed by atoms with Crippen LogP contribution in [0.2, 0.25) is 0 Å². The van der Waals surface area contributed by atoms with Crippen molar-refractivity contribution in [3.63, 3.8) is 0 Å². The Kier molecular flexibility index (Phi) is 9.77. The van der Waals surface area contributed by atoms with Crippen molar-refractivity contribution in [3.8, 4) is 23.0 Å². The number of piperidine rings is 1. The lowest BCUT2D eigenvalue weighted by Crippen LogP contribution is -2.35. The van der Waals surface area contributed by atoms with E-state index in [1.165, 1.54) is 42.6 Å². The summed E-state index contributed by atoms with van der Waals surface area (Å²) in [5, 5.41) is 6.39. The highest BCUT2D eigenvalue weighted by atomic mass is 127. The molecule has 11 nitrogen and oxygen atoms in total. The number of benzene rings is 3. The Bertz CT molecular complexity index is 2040. The number of halogens is 2. The molecular formula is C35H32FIN6O5S. The van der Waals surface area contributed by atoms with Gasteiger partial charge in [-0.25, -0.2) is 24.1 Å². The number of likely N-dealkylation sites (tertiary alicyclic amines) is 1. The van der Waals surface area contributed by atoms with E-state index in [0.717, 1.165) is 36.5 Å². The number of nitrogens with zero attached hydrogens (tertiary/aromatic N) is 4. The highest BCUT2D eigenvalue weighted by molar-refractivity contribution is 14.1. The Morgan fingerprint density at radius 2 is 1.88 bits per heavy atom. The molecule has 3 amide bonds. The summed E-state index contributed by atoms with van der Waals surface area (Å²) in [5.74, 6) is 1.55. The molecule has 4 heterocycles. The van der Waals surface area contributed by atoms with Gasteiger partial charge in [0, 0.05) is 34.4 Å². The van der Waals surface area contributed by atoms with E-state index < -0.39 is 17.8 Å². The molecule has 0 spiro atoms. The van der Waals surface area contributed by atoms with E-state index in [-0.39, 0.29) is 4.88 Å². The highest BCUT2D eigenvalue weighted by Crippen LogP contribution is 2.45. The van der Waals surface area contributed by atoms with Crippen LogP contribution in [0.15, 0.2) is 67.0 Å². The number of carbonyl (C=O) groups is 2. The zero-order valence-electron chi connectivity index (χ0n) is 26.5. The smallest absolute Gasteiger partial charge is 0.332 e. The van der Waals surface area contributed by atoms with Crippen LogP contribution in [0.1, 0.15) is 34.5 Å². The molecule has 0 unspecified atom stereocenters. The van der Waals surface area contributed by atoms with Gasteiger partial charge in [-0.1, -0.05) is 35.1 Å². The molecule has 5 aromatic rings. The van der Waals surface area contributed by atoms with Crippen LogP contribution < -0.4 is 29.7 Å².